The number of hydrogen-bond donors (Lipinski definition) is 2. The van der Waals surface area contributed by atoms with Gasteiger partial charge < -0.3 is 5.32 Å². The van der Waals surface area contributed by atoms with E-state index >= 15 is 0 Å². The number of nitrogens with zero attached hydrogens (tertiary/aromatic N) is 1. The Balaban J connectivity index is 1.61. The van der Waals surface area contributed by atoms with Crippen LogP contribution in [-0.2, 0) is 0 Å². The van der Waals surface area contributed by atoms with Crippen LogP contribution in [0.4, 0.5) is 14.3 Å². The van der Waals surface area contributed by atoms with Crippen LogP contribution in [0.3, 0.4) is 0 Å². The highest BCUT2D eigenvalue weighted by Gasteiger charge is 2.17. The lowest BCUT2D eigenvalue weighted by atomic mass is 10.2. The van der Waals surface area contributed by atoms with E-state index < -0.39 is 0 Å². The molecule has 0 saturated heterocycles. The third-order valence-corrected chi connectivity index (χ3v) is 4.31. The van der Waals surface area contributed by atoms with E-state index in [-0.39, 0.29) is 17.9 Å². The zero-order valence-electron chi connectivity index (χ0n) is 11.4. The van der Waals surface area contributed by atoms with Gasteiger partial charge in [-0.15, -0.1) is 11.3 Å². The predicted octanol–water partition coefficient (Wildman–Crippen LogP) is 4.01. The molecule has 1 fully saturated rings. The lowest BCUT2D eigenvalue weighted by Gasteiger charge is -2.11. The first-order valence-electron chi connectivity index (χ1n) is 7.00. The standard InChI is InChI=1S/C15H16FN3OS/c16-11-7-5-10(6-8-11)13-9-21-15(18-13)19-14(20)17-12-3-1-2-4-12/h5-9,12H,1-4H2,(H2,17,18,19,20). The quantitative estimate of drug-likeness (QED) is 0.900. The van der Waals surface area contributed by atoms with Crippen molar-refractivity contribution in [2.75, 3.05) is 5.32 Å². The summed E-state index contributed by atoms with van der Waals surface area (Å²) in [5.74, 6) is -0.275. The molecular formula is C15H16FN3OS. The van der Waals surface area contributed by atoms with Crippen molar-refractivity contribution in [3.8, 4) is 11.3 Å². The Bertz CT molecular complexity index is 620. The summed E-state index contributed by atoms with van der Waals surface area (Å²) in [6.07, 6.45) is 4.45. The number of thiazole rings is 1. The first-order valence-corrected chi connectivity index (χ1v) is 7.88. The van der Waals surface area contributed by atoms with Gasteiger partial charge in [0.15, 0.2) is 5.13 Å². The second kappa shape index (κ2) is 6.22. The van der Waals surface area contributed by atoms with E-state index in [2.05, 4.69) is 15.6 Å². The Morgan fingerprint density at radius 2 is 1.95 bits per heavy atom. The maximum absolute atomic E-state index is 12.9. The Labute approximate surface area is 126 Å². The van der Waals surface area contributed by atoms with E-state index in [0.29, 0.717) is 5.13 Å². The van der Waals surface area contributed by atoms with Crippen LogP contribution in [0.25, 0.3) is 11.3 Å². The molecule has 1 aliphatic carbocycles. The molecule has 0 unspecified atom stereocenters. The normalized spacial score (nSPS) is 15.1. The summed E-state index contributed by atoms with van der Waals surface area (Å²) in [6, 6.07) is 6.21. The fourth-order valence-electron chi connectivity index (χ4n) is 2.47. The average Bonchev–Trinajstić information content (AvgIpc) is 3.11. The number of anilines is 1. The van der Waals surface area contributed by atoms with Crippen LogP contribution in [0.5, 0.6) is 0 Å². The van der Waals surface area contributed by atoms with Gasteiger partial charge in [0.05, 0.1) is 5.69 Å². The summed E-state index contributed by atoms with van der Waals surface area (Å²) in [6.45, 7) is 0. The first kappa shape index (κ1) is 14.0. The second-order valence-electron chi connectivity index (χ2n) is 5.12. The minimum absolute atomic E-state index is 0.207. The maximum atomic E-state index is 12.9. The van der Waals surface area contributed by atoms with Crippen molar-refractivity contribution in [1.29, 1.82) is 0 Å². The molecule has 0 bridgehead atoms. The zero-order chi connectivity index (χ0) is 14.7. The third-order valence-electron chi connectivity index (χ3n) is 3.56. The molecule has 0 atom stereocenters. The summed E-state index contributed by atoms with van der Waals surface area (Å²) < 4.78 is 12.9. The van der Waals surface area contributed by atoms with Gasteiger partial charge in [0, 0.05) is 17.0 Å². The van der Waals surface area contributed by atoms with Gasteiger partial charge >= 0.3 is 6.03 Å². The molecule has 1 heterocycles. The van der Waals surface area contributed by atoms with Gasteiger partial charge in [-0.25, -0.2) is 14.2 Å². The SMILES string of the molecule is O=C(Nc1nc(-c2ccc(F)cc2)cs1)NC1CCCC1. The number of rotatable bonds is 3. The minimum atomic E-state index is -0.275. The summed E-state index contributed by atoms with van der Waals surface area (Å²) >= 11 is 1.36. The minimum Gasteiger partial charge on any atom is -0.335 e. The molecule has 1 aromatic heterocycles. The Hall–Kier alpha value is -1.95. The van der Waals surface area contributed by atoms with Crippen molar-refractivity contribution >= 4 is 22.5 Å². The molecule has 1 saturated carbocycles. The summed E-state index contributed by atoms with van der Waals surface area (Å²) in [4.78, 5) is 16.2. The van der Waals surface area contributed by atoms with Gasteiger partial charge in [0.1, 0.15) is 5.82 Å². The Morgan fingerprint density at radius 1 is 1.24 bits per heavy atom. The zero-order valence-corrected chi connectivity index (χ0v) is 12.3. The molecule has 0 radical (unpaired) electrons. The molecule has 1 aromatic carbocycles. The number of hydrogen-bond acceptors (Lipinski definition) is 3. The highest BCUT2D eigenvalue weighted by molar-refractivity contribution is 7.14. The number of nitrogens with one attached hydrogen (secondary N) is 2. The van der Waals surface area contributed by atoms with Crippen molar-refractivity contribution in [1.82, 2.24) is 10.3 Å². The maximum Gasteiger partial charge on any atom is 0.321 e. The number of benzene rings is 1. The summed E-state index contributed by atoms with van der Waals surface area (Å²) in [5, 5.41) is 8.10. The van der Waals surface area contributed by atoms with E-state index in [1.54, 1.807) is 12.1 Å². The molecule has 2 N–H and O–H groups in total. The van der Waals surface area contributed by atoms with E-state index in [1.165, 1.54) is 36.3 Å². The molecule has 0 spiro atoms. The molecule has 1 aliphatic rings. The van der Waals surface area contributed by atoms with Crippen molar-refractivity contribution in [2.24, 2.45) is 0 Å². The number of carbonyl (C=O) groups excluding carboxylic acids is 1. The van der Waals surface area contributed by atoms with Crippen LogP contribution in [0.15, 0.2) is 29.6 Å². The van der Waals surface area contributed by atoms with Crippen LogP contribution in [0.2, 0.25) is 0 Å². The number of urea groups is 1. The molecule has 0 aliphatic heterocycles. The summed E-state index contributed by atoms with van der Waals surface area (Å²) in [5.41, 5.74) is 1.56. The molecule has 6 heteroatoms. The number of halogens is 1. The Morgan fingerprint density at radius 3 is 2.67 bits per heavy atom. The topological polar surface area (TPSA) is 54.0 Å². The summed E-state index contributed by atoms with van der Waals surface area (Å²) in [7, 11) is 0. The smallest absolute Gasteiger partial charge is 0.321 e. The van der Waals surface area contributed by atoms with Gasteiger partial charge in [-0.2, -0.15) is 0 Å². The van der Waals surface area contributed by atoms with Crippen molar-refractivity contribution in [2.45, 2.75) is 31.7 Å². The van der Waals surface area contributed by atoms with Crippen LogP contribution in [0.1, 0.15) is 25.7 Å². The van der Waals surface area contributed by atoms with E-state index in [1.807, 2.05) is 5.38 Å². The monoisotopic (exact) mass is 305 g/mol. The fourth-order valence-corrected chi connectivity index (χ4v) is 3.19. The number of aromatic nitrogens is 1. The Kier molecular flexibility index (Phi) is 4.15. The van der Waals surface area contributed by atoms with E-state index in [0.717, 1.165) is 24.1 Å². The van der Waals surface area contributed by atoms with E-state index in [4.69, 9.17) is 0 Å². The first-order chi connectivity index (χ1) is 10.2. The lowest BCUT2D eigenvalue weighted by molar-refractivity contribution is 0.248. The molecule has 4 nitrogen and oxygen atoms in total. The molecule has 110 valence electrons. The van der Waals surface area contributed by atoms with Gasteiger partial charge in [-0.3, -0.25) is 5.32 Å². The van der Waals surface area contributed by atoms with Crippen LogP contribution in [-0.4, -0.2) is 17.1 Å². The van der Waals surface area contributed by atoms with Crippen LogP contribution in [0, 0.1) is 5.82 Å². The van der Waals surface area contributed by atoms with Gasteiger partial charge in [-0.1, -0.05) is 12.8 Å². The highest BCUT2D eigenvalue weighted by atomic mass is 32.1. The highest BCUT2D eigenvalue weighted by Crippen LogP contribution is 2.25. The largest absolute Gasteiger partial charge is 0.335 e. The molecule has 21 heavy (non-hydrogen) atoms. The van der Waals surface area contributed by atoms with Crippen molar-refractivity contribution in [3.63, 3.8) is 0 Å². The van der Waals surface area contributed by atoms with Gasteiger partial charge in [0.25, 0.3) is 0 Å². The van der Waals surface area contributed by atoms with Crippen LogP contribution < -0.4 is 10.6 Å². The molecule has 2 aromatic rings. The molecular weight excluding hydrogens is 289 g/mol. The fraction of sp³-hybridized carbons (Fsp3) is 0.333. The third kappa shape index (κ3) is 3.58. The molecule has 3 rings (SSSR count). The van der Waals surface area contributed by atoms with Crippen LogP contribution >= 0.6 is 11.3 Å². The van der Waals surface area contributed by atoms with E-state index in [9.17, 15) is 9.18 Å². The van der Waals surface area contributed by atoms with Gasteiger partial charge in [-0.05, 0) is 37.1 Å². The average molecular weight is 305 g/mol. The number of amides is 2. The van der Waals surface area contributed by atoms with Crippen molar-refractivity contribution in [3.05, 3.63) is 35.5 Å². The predicted molar refractivity (Wildman–Crippen MR) is 81.9 cm³/mol. The lowest BCUT2D eigenvalue weighted by Crippen LogP contribution is -2.36. The van der Waals surface area contributed by atoms with Crippen molar-refractivity contribution < 1.29 is 9.18 Å². The number of carbonyl (C=O) groups is 1. The molecule has 2 amide bonds. The second-order valence-corrected chi connectivity index (χ2v) is 5.98. The van der Waals surface area contributed by atoms with Gasteiger partial charge in [0.2, 0.25) is 0 Å².